The van der Waals surface area contributed by atoms with Crippen molar-refractivity contribution in [3.63, 3.8) is 0 Å². The van der Waals surface area contributed by atoms with Crippen LogP contribution in [-0.2, 0) is 13.2 Å². The number of nitrogens with one attached hydrogen (secondary N) is 1. The predicted molar refractivity (Wildman–Crippen MR) is 69.2 cm³/mol. The second-order valence-corrected chi connectivity index (χ2v) is 4.13. The summed E-state index contributed by atoms with van der Waals surface area (Å²) in [5.41, 5.74) is 0.554. The van der Waals surface area contributed by atoms with E-state index in [1.165, 1.54) is 0 Å². The zero-order valence-corrected chi connectivity index (χ0v) is 10.9. The highest BCUT2D eigenvalue weighted by molar-refractivity contribution is 5.23. The quantitative estimate of drug-likeness (QED) is 0.781. The molecule has 5 heteroatoms. The predicted octanol–water partition coefficient (Wildman–Crippen LogP) is 2.89. The van der Waals surface area contributed by atoms with E-state index in [4.69, 9.17) is 9.15 Å². The summed E-state index contributed by atoms with van der Waals surface area (Å²) in [6.07, 6.45) is 4.10. The lowest BCUT2D eigenvalue weighted by Crippen LogP contribution is -2.15. The highest BCUT2D eigenvalue weighted by atomic mass is 19.1. The smallest absolute Gasteiger partial charge is 0.251 e. The van der Waals surface area contributed by atoms with Gasteiger partial charge in [-0.15, -0.1) is 0 Å². The fourth-order valence-electron chi connectivity index (χ4n) is 1.63. The summed E-state index contributed by atoms with van der Waals surface area (Å²) in [5.74, 6) is 0.223. The summed E-state index contributed by atoms with van der Waals surface area (Å²) in [6.45, 7) is 3.56. The molecule has 0 bridgehead atoms. The molecule has 0 atom stereocenters. The number of halogens is 1. The number of rotatable bonds is 7. The first-order valence-corrected chi connectivity index (χ1v) is 6.30. The number of furan rings is 1. The molecule has 0 radical (unpaired) electrons. The van der Waals surface area contributed by atoms with Crippen molar-refractivity contribution < 1.29 is 13.5 Å². The van der Waals surface area contributed by atoms with Crippen LogP contribution >= 0.6 is 0 Å². The van der Waals surface area contributed by atoms with Gasteiger partial charge in [-0.25, -0.2) is 9.37 Å². The van der Waals surface area contributed by atoms with Gasteiger partial charge < -0.3 is 14.5 Å². The average molecular weight is 264 g/mol. The maximum absolute atomic E-state index is 14.1. The van der Waals surface area contributed by atoms with Crippen LogP contribution in [0.25, 0.3) is 0 Å². The van der Waals surface area contributed by atoms with Crippen molar-refractivity contribution in [1.82, 2.24) is 10.3 Å². The van der Waals surface area contributed by atoms with E-state index in [1.54, 1.807) is 30.7 Å². The molecule has 2 aromatic heterocycles. The number of nitrogens with zero attached hydrogens (tertiary/aromatic N) is 1. The van der Waals surface area contributed by atoms with Crippen LogP contribution in [0.2, 0.25) is 0 Å². The topological polar surface area (TPSA) is 47.3 Å². The van der Waals surface area contributed by atoms with Crippen molar-refractivity contribution in [2.24, 2.45) is 0 Å². The molecule has 19 heavy (non-hydrogen) atoms. The van der Waals surface area contributed by atoms with Crippen molar-refractivity contribution in [2.45, 2.75) is 26.5 Å². The van der Waals surface area contributed by atoms with Crippen LogP contribution in [0, 0.1) is 5.82 Å². The van der Waals surface area contributed by atoms with E-state index in [1.807, 2.05) is 0 Å². The zero-order valence-electron chi connectivity index (χ0n) is 10.9. The third kappa shape index (κ3) is 3.79. The summed E-state index contributed by atoms with van der Waals surface area (Å²) < 4.78 is 24.5. The number of hydrogen-bond donors (Lipinski definition) is 1. The molecule has 102 valence electrons. The van der Waals surface area contributed by atoms with Crippen LogP contribution in [0.3, 0.4) is 0 Å². The highest BCUT2D eigenvalue weighted by Gasteiger charge is 2.11. The third-order valence-electron chi connectivity index (χ3n) is 2.61. The van der Waals surface area contributed by atoms with Gasteiger partial charge in [-0.3, -0.25) is 0 Å². The van der Waals surface area contributed by atoms with Gasteiger partial charge in [-0.1, -0.05) is 6.92 Å². The first-order chi connectivity index (χ1) is 9.31. The third-order valence-corrected chi connectivity index (χ3v) is 2.61. The highest BCUT2D eigenvalue weighted by Crippen LogP contribution is 2.18. The van der Waals surface area contributed by atoms with E-state index < -0.39 is 5.82 Å². The Morgan fingerprint density at radius 2 is 2.32 bits per heavy atom. The molecule has 0 saturated carbocycles. The Balaban J connectivity index is 1.98. The summed E-state index contributed by atoms with van der Waals surface area (Å²) in [4.78, 5) is 3.90. The molecule has 2 aromatic rings. The maximum atomic E-state index is 14.1. The van der Waals surface area contributed by atoms with Gasteiger partial charge in [0.15, 0.2) is 5.82 Å². The van der Waals surface area contributed by atoms with Crippen molar-refractivity contribution in [1.29, 1.82) is 0 Å². The molecule has 0 spiro atoms. The summed E-state index contributed by atoms with van der Waals surface area (Å²) in [5, 5.41) is 3.15. The SMILES string of the molecule is CCCNCc1ccnc(OCc2ccco2)c1F. The fraction of sp³-hybridized carbons (Fsp3) is 0.357. The van der Waals surface area contributed by atoms with E-state index in [0.29, 0.717) is 17.9 Å². The standard InChI is InChI=1S/C14H17FN2O2/c1-2-6-16-9-11-5-7-17-14(13(11)15)19-10-12-4-3-8-18-12/h3-5,7-8,16H,2,6,9-10H2,1H3. The molecule has 2 heterocycles. The van der Waals surface area contributed by atoms with Crippen molar-refractivity contribution in [3.8, 4) is 5.88 Å². The van der Waals surface area contributed by atoms with Crippen molar-refractivity contribution in [3.05, 3.63) is 47.8 Å². The Bertz CT molecular complexity index is 500. The van der Waals surface area contributed by atoms with Crippen LogP contribution in [0.15, 0.2) is 35.1 Å². The number of pyridine rings is 1. The summed E-state index contributed by atoms with van der Waals surface area (Å²) in [7, 11) is 0. The van der Waals surface area contributed by atoms with E-state index in [0.717, 1.165) is 13.0 Å². The molecule has 0 unspecified atom stereocenters. The second-order valence-electron chi connectivity index (χ2n) is 4.13. The van der Waals surface area contributed by atoms with Crippen molar-refractivity contribution in [2.75, 3.05) is 6.54 Å². The number of ether oxygens (including phenoxy) is 1. The molecular weight excluding hydrogens is 247 g/mol. The van der Waals surface area contributed by atoms with Gasteiger partial charge in [0.25, 0.3) is 5.88 Å². The lowest BCUT2D eigenvalue weighted by atomic mass is 10.2. The minimum absolute atomic E-state index is 0.00667. The molecule has 0 aliphatic carbocycles. The lowest BCUT2D eigenvalue weighted by molar-refractivity contribution is 0.247. The average Bonchev–Trinajstić information content (AvgIpc) is 2.93. The number of aromatic nitrogens is 1. The molecule has 0 aliphatic heterocycles. The van der Waals surface area contributed by atoms with Crippen LogP contribution in [0.1, 0.15) is 24.7 Å². The zero-order chi connectivity index (χ0) is 13.5. The van der Waals surface area contributed by atoms with Gasteiger partial charge in [0.2, 0.25) is 0 Å². The molecule has 1 N–H and O–H groups in total. The van der Waals surface area contributed by atoms with Gasteiger partial charge in [-0.2, -0.15) is 0 Å². The lowest BCUT2D eigenvalue weighted by Gasteiger charge is -2.08. The van der Waals surface area contributed by atoms with Gasteiger partial charge in [0.05, 0.1) is 6.26 Å². The second kappa shape index (κ2) is 6.89. The van der Waals surface area contributed by atoms with Gasteiger partial charge in [0, 0.05) is 18.3 Å². The molecule has 0 aliphatic rings. The molecule has 0 amide bonds. The molecular formula is C14H17FN2O2. The minimum Gasteiger partial charge on any atom is -0.467 e. The minimum atomic E-state index is -0.419. The monoisotopic (exact) mass is 264 g/mol. The molecule has 4 nitrogen and oxygen atoms in total. The van der Waals surface area contributed by atoms with Gasteiger partial charge in [0.1, 0.15) is 12.4 Å². The van der Waals surface area contributed by atoms with Gasteiger partial charge in [-0.05, 0) is 31.2 Å². The first kappa shape index (κ1) is 13.5. The Labute approximate surface area is 111 Å². The summed E-state index contributed by atoms with van der Waals surface area (Å²) in [6, 6.07) is 5.18. The van der Waals surface area contributed by atoms with E-state index >= 15 is 0 Å². The Morgan fingerprint density at radius 3 is 3.05 bits per heavy atom. The fourth-order valence-corrected chi connectivity index (χ4v) is 1.63. The maximum Gasteiger partial charge on any atom is 0.251 e. The van der Waals surface area contributed by atoms with Crippen LogP contribution < -0.4 is 10.1 Å². The Morgan fingerprint density at radius 1 is 1.42 bits per heavy atom. The van der Waals surface area contributed by atoms with E-state index in [-0.39, 0.29) is 12.5 Å². The first-order valence-electron chi connectivity index (χ1n) is 6.30. The Hall–Kier alpha value is -1.88. The molecule has 0 aromatic carbocycles. The molecule has 0 saturated heterocycles. The van der Waals surface area contributed by atoms with Crippen LogP contribution in [0.5, 0.6) is 5.88 Å². The Kier molecular flexibility index (Phi) is 4.92. The molecule has 0 fully saturated rings. The normalized spacial score (nSPS) is 10.6. The number of hydrogen-bond acceptors (Lipinski definition) is 4. The van der Waals surface area contributed by atoms with Crippen molar-refractivity contribution >= 4 is 0 Å². The van der Waals surface area contributed by atoms with E-state index in [9.17, 15) is 4.39 Å². The van der Waals surface area contributed by atoms with E-state index in [2.05, 4.69) is 17.2 Å². The molecule has 2 rings (SSSR count). The van der Waals surface area contributed by atoms with Gasteiger partial charge >= 0.3 is 0 Å². The largest absolute Gasteiger partial charge is 0.467 e. The van der Waals surface area contributed by atoms with Crippen LogP contribution in [-0.4, -0.2) is 11.5 Å². The summed E-state index contributed by atoms with van der Waals surface area (Å²) >= 11 is 0. The van der Waals surface area contributed by atoms with Crippen LogP contribution in [0.4, 0.5) is 4.39 Å².